The number of carbonyl (C=O) groups excluding carboxylic acids is 2. The van der Waals surface area contributed by atoms with Gasteiger partial charge in [0.05, 0.1) is 12.1 Å². The summed E-state index contributed by atoms with van der Waals surface area (Å²) in [6, 6.07) is 10.1. The van der Waals surface area contributed by atoms with Crippen molar-refractivity contribution in [2.75, 3.05) is 11.9 Å². The highest BCUT2D eigenvalue weighted by Crippen LogP contribution is 2.23. The Labute approximate surface area is 187 Å². The van der Waals surface area contributed by atoms with Crippen LogP contribution in [0.1, 0.15) is 52.4 Å². The average molecular weight is 431 g/mol. The van der Waals surface area contributed by atoms with Crippen molar-refractivity contribution < 1.29 is 9.59 Å². The zero-order valence-electron chi connectivity index (χ0n) is 18.2. The van der Waals surface area contributed by atoms with Crippen molar-refractivity contribution in [1.29, 1.82) is 0 Å². The number of hydrogen-bond acceptors (Lipinski definition) is 5. The smallest absolute Gasteiger partial charge is 0.323 e. The van der Waals surface area contributed by atoms with Gasteiger partial charge in [0.15, 0.2) is 0 Å². The summed E-state index contributed by atoms with van der Waals surface area (Å²) in [6.45, 7) is 5.66. The van der Waals surface area contributed by atoms with Gasteiger partial charge in [-0.2, -0.15) is 0 Å². The maximum absolute atomic E-state index is 12.5. The predicted molar refractivity (Wildman–Crippen MR) is 121 cm³/mol. The Balaban J connectivity index is 1.38. The van der Waals surface area contributed by atoms with E-state index >= 15 is 0 Å². The van der Waals surface area contributed by atoms with E-state index in [2.05, 4.69) is 63.7 Å². The number of urea groups is 1. The third-order valence-electron chi connectivity index (χ3n) is 5.49. The lowest BCUT2D eigenvalue weighted by atomic mass is 10.0. The molecule has 0 aliphatic carbocycles. The van der Waals surface area contributed by atoms with Crippen LogP contribution < -0.4 is 10.6 Å². The summed E-state index contributed by atoms with van der Waals surface area (Å²) in [5.74, 6) is 0.756. The molecule has 8 heteroatoms. The van der Waals surface area contributed by atoms with Crippen LogP contribution in [0.25, 0.3) is 0 Å². The second-order valence-electron chi connectivity index (χ2n) is 8.16. The largest absolute Gasteiger partial charge is 0.348 e. The molecule has 0 radical (unpaired) electrons. The van der Waals surface area contributed by atoms with Crippen LogP contribution in [0, 0.1) is 0 Å². The first kappa shape index (κ1) is 21.4. The number of amides is 3. The Morgan fingerprint density at radius 1 is 1.12 bits per heavy atom. The van der Waals surface area contributed by atoms with E-state index in [1.165, 1.54) is 23.7 Å². The van der Waals surface area contributed by atoms with Crippen LogP contribution in [-0.2, 0) is 19.5 Å². The molecule has 0 atom stereocenters. The monoisotopic (exact) mass is 430 g/mol. The lowest BCUT2D eigenvalue weighted by Gasteiger charge is -2.29. The fourth-order valence-electron chi connectivity index (χ4n) is 3.54. The molecular formula is C24H26N6O2. The van der Waals surface area contributed by atoms with Crippen LogP contribution in [0.3, 0.4) is 0 Å². The van der Waals surface area contributed by atoms with Crippen LogP contribution >= 0.6 is 0 Å². The average Bonchev–Trinajstić information content (AvgIpc) is 2.82. The Morgan fingerprint density at radius 2 is 1.88 bits per heavy atom. The topological polar surface area (TPSA) is 100 Å². The molecule has 0 saturated carbocycles. The Hall–Kier alpha value is -3.81. The summed E-state index contributed by atoms with van der Waals surface area (Å²) < 4.78 is 0. The number of fused-ring (bicyclic) bond motifs is 1. The van der Waals surface area contributed by atoms with E-state index in [-0.39, 0.29) is 11.9 Å². The molecule has 0 saturated heterocycles. The van der Waals surface area contributed by atoms with Gasteiger partial charge in [-0.3, -0.25) is 10.1 Å². The van der Waals surface area contributed by atoms with E-state index in [9.17, 15) is 9.59 Å². The third-order valence-corrected chi connectivity index (χ3v) is 5.49. The molecule has 0 spiro atoms. The molecule has 2 aromatic heterocycles. The molecule has 1 aromatic carbocycles. The second kappa shape index (κ2) is 9.55. The lowest BCUT2D eigenvalue weighted by Crippen LogP contribution is -2.40. The Bertz CT molecular complexity index is 1100. The minimum Gasteiger partial charge on any atom is -0.348 e. The number of hydrogen-bond donors (Lipinski definition) is 2. The van der Waals surface area contributed by atoms with E-state index in [0.29, 0.717) is 36.9 Å². The fourth-order valence-corrected chi connectivity index (χ4v) is 3.54. The Morgan fingerprint density at radius 3 is 2.59 bits per heavy atom. The first-order chi connectivity index (χ1) is 15.5. The van der Waals surface area contributed by atoms with Gasteiger partial charge in [0.2, 0.25) is 0 Å². The first-order valence-electron chi connectivity index (χ1n) is 10.7. The van der Waals surface area contributed by atoms with Gasteiger partial charge >= 0.3 is 6.03 Å². The third kappa shape index (κ3) is 5.08. The van der Waals surface area contributed by atoms with Crippen LogP contribution in [-0.4, -0.2) is 38.3 Å². The summed E-state index contributed by atoms with van der Waals surface area (Å²) in [4.78, 5) is 38.9. The van der Waals surface area contributed by atoms with Gasteiger partial charge in [0.1, 0.15) is 12.1 Å². The van der Waals surface area contributed by atoms with Gasteiger partial charge in [-0.25, -0.2) is 19.7 Å². The lowest BCUT2D eigenvalue weighted by molar-refractivity contribution is 0.0950. The van der Waals surface area contributed by atoms with E-state index in [1.54, 1.807) is 23.4 Å². The summed E-state index contributed by atoms with van der Waals surface area (Å²) in [5.41, 5.74) is 4.56. The predicted octanol–water partition coefficient (Wildman–Crippen LogP) is 3.52. The molecule has 3 amide bonds. The zero-order chi connectivity index (χ0) is 22.5. The molecule has 0 fully saturated rings. The number of carbonyl (C=O) groups is 2. The number of anilines is 1. The molecule has 164 valence electrons. The van der Waals surface area contributed by atoms with Gasteiger partial charge in [0.25, 0.3) is 5.91 Å². The summed E-state index contributed by atoms with van der Waals surface area (Å²) in [7, 11) is 0. The fraction of sp³-hybridized carbons (Fsp3) is 0.292. The van der Waals surface area contributed by atoms with Gasteiger partial charge in [-0.1, -0.05) is 38.1 Å². The van der Waals surface area contributed by atoms with Crippen LogP contribution in [0.4, 0.5) is 10.6 Å². The van der Waals surface area contributed by atoms with Crippen molar-refractivity contribution in [3.63, 3.8) is 0 Å². The van der Waals surface area contributed by atoms with Crippen molar-refractivity contribution in [1.82, 2.24) is 25.2 Å². The standard InChI is InChI=1S/C24H26N6O2/c1-16(2)19-5-3-17(4-6-19)7-8-30-14-21-9-20(13-27-22(21)29-24(30)32)23(31)28-12-18-10-25-15-26-11-18/h3-6,9-11,13,15-16H,7-8,12,14H2,1-2H3,(H,28,31)(H,27,29,32). The molecule has 2 N–H and O–H groups in total. The van der Waals surface area contributed by atoms with Gasteiger partial charge in [-0.15, -0.1) is 0 Å². The summed E-state index contributed by atoms with van der Waals surface area (Å²) in [5, 5.41) is 5.66. The first-order valence-corrected chi connectivity index (χ1v) is 10.7. The van der Waals surface area contributed by atoms with Crippen LogP contribution in [0.5, 0.6) is 0 Å². The van der Waals surface area contributed by atoms with Crippen molar-refractivity contribution >= 4 is 17.8 Å². The molecule has 3 heterocycles. The van der Waals surface area contributed by atoms with Crippen molar-refractivity contribution in [2.45, 2.75) is 39.3 Å². The molecule has 8 nitrogen and oxygen atoms in total. The number of pyridine rings is 1. The molecule has 3 aromatic rings. The molecule has 0 unspecified atom stereocenters. The molecule has 1 aliphatic heterocycles. The maximum atomic E-state index is 12.5. The van der Waals surface area contributed by atoms with Gasteiger partial charge in [0, 0.05) is 42.8 Å². The molecule has 32 heavy (non-hydrogen) atoms. The zero-order valence-corrected chi connectivity index (χ0v) is 18.2. The SMILES string of the molecule is CC(C)c1ccc(CCN2Cc3cc(C(=O)NCc4cncnc4)cnc3NC2=O)cc1. The van der Waals surface area contributed by atoms with Crippen molar-refractivity contribution in [2.24, 2.45) is 0 Å². The number of rotatable bonds is 7. The quantitative estimate of drug-likeness (QED) is 0.597. The Kier molecular flexibility index (Phi) is 6.39. The highest BCUT2D eigenvalue weighted by atomic mass is 16.2. The van der Waals surface area contributed by atoms with Crippen molar-refractivity contribution in [3.8, 4) is 0 Å². The van der Waals surface area contributed by atoms with E-state index in [4.69, 9.17) is 0 Å². The molecule has 0 bridgehead atoms. The van der Waals surface area contributed by atoms with Crippen molar-refractivity contribution in [3.05, 3.63) is 83.1 Å². The molecule has 1 aliphatic rings. The highest BCUT2D eigenvalue weighted by Gasteiger charge is 2.24. The van der Waals surface area contributed by atoms with Gasteiger partial charge in [-0.05, 0) is 29.5 Å². The summed E-state index contributed by atoms with van der Waals surface area (Å²) >= 11 is 0. The van der Waals surface area contributed by atoms with Crippen LogP contribution in [0.15, 0.2) is 55.2 Å². The minimum absolute atomic E-state index is 0.176. The van der Waals surface area contributed by atoms with E-state index in [0.717, 1.165) is 17.5 Å². The number of benzene rings is 1. The minimum atomic E-state index is -0.238. The second-order valence-corrected chi connectivity index (χ2v) is 8.16. The molecule has 4 rings (SSSR count). The van der Waals surface area contributed by atoms with Gasteiger partial charge < -0.3 is 10.2 Å². The highest BCUT2D eigenvalue weighted by molar-refractivity contribution is 5.96. The van der Waals surface area contributed by atoms with E-state index in [1.807, 2.05) is 0 Å². The normalized spacial score (nSPS) is 13.0. The number of nitrogens with one attached hydrogen (secondary N) is 2. The van der Waals surface area contributed by atoms with Crippen LogP contribution in [0.2, 0.25) is 0 Å². The number of nitrogens with zero attached hydrogens (tertiary/aromatic N) is 4. The van der Waals surface area contributed by atoms with E-state index < -0.39 is 0 Å². The maximum Gasteiger partial charge on any atom is 0.323 e. The number of aromatic nitrogens is 3. The summed E-state index contributed by atoms with van der Waals surface area (Å²) in [6.07, 6.45) is 6.99. The molecular weight excluding hydrogens is 404 g/mol.